The zero-order valence-corrected chi connectivity index (χ0v) is 7.70. The van der Waals surface area contributed by atoms with Gasteiger partial charge in [-0.15, -0.1) is 5.10 Å². The first-order valence-corrected chi connectivity index (χ1v) is 4.20. The highest BCUT2D eigenvalue weighted by atomic mass is 19.4. The van der Waals surface area contributed by atoms with E-state index in [-0.39, 0.29) is 18.8 Å². The van der Waals surface area contributed by atoms with Crippen LogP contribution in [0.2, 0.25) is 0 Å². The van der Waals surface area contributed by atoms with Gasteiger partial charge in [0.25, 0.3) is 0 Å². The molecule has 1 heterocycles. The molecule has 3 N–H and O–H groups in total. The fourth-order valence-corrected chi connectivity index (χ4v) is 1.00. The van der Waals surface area contributed by atoms with E-state index in [9.17, 15) is 13.2 Å². The van der Waals surface area contributed by atoms with E-state index < -0.39 is 17.8 Å². The first-order chi connectivity index (χ1) is 6.99. The largest absolute Gasteiger partial charge is 0.435 e. The van der Waals surface area contributed by atoms with Gasteiger partial charge < -0.3 is 10.8 Å². The zero-order valence-electron chi connectivity index (χ0n) is 7.70. The average Bonchev–Trinajstić information content (AvgIpc) is 2.19. The van der Waals surface area contributed by atoms with Crippen LogP contribution in [-0.2, 0) is 6.18 Å². The van der Waals surface area contributed by atoms with Gasteiger partial charge in [0.2, 0.25) is 0 Å². The molecule has 0 saturated carbocycles. The van der Waals surface area contributed by atoms with Gasteiger partial charge in [-0.2, -0.15) is 18.3 Å². The third-order valence-corrected chi connectivity index (χ3v) is 1.90. The summed E-state index contributed by atoms with van der Waals surface area (Å²) in [6, 6.07) is 1.99. The molecule has 0 spiro atoms. The maximum absolute atomic E-state index is 12.1. The van der Waals surface area contributed by atoms with E-state index in [1.807, 2.05) is 0 Å². The summed E-state index contributed by atoms with van der Waals surface area (Å²) in [6.07, 6.45) is -4.50. The van der Waals surface area contributed by atoms with E-state index in [1.54, 1.807) is 0 Å². The van der Waals surface area contributed by atoms with Gasteiger partial charge >= 0.3 is 6.18 Å². The van der Waals surface area contributed by atoms with Crippen LogP contribution in [0.25, 0.3) is 0 Å². The maximum Gasteiger partial charge on any atom is 0.435 e. The third-order valence-electron chi connectivity index (χ3n) is 1.90. The lowest BCUT2D eigenvalue weighted by molar-refractivity contribution is -0.141. The molecule has 0 aliphatic heterocycles. The summed E-state index contributed by atoms with van der Waals surface area (Å²) in [4.78, 5) is 0. The molecule has 0 aromatic carbocycles. The molecule has 7 heteroatoms. The second kappa shape index (κ2) is 4.54. The molecule has 84 valence electrons. The molecule has 0 bridgehead atoms. The minimum atomic E-state index is -4.50. The number of aliphatic hydroxyl groups is 1. The van der Waals surface area contributed by atoms with E-state index in [1.165, 1.54) is 6.07 Å². The van der Waals surface area contributed by atoms with Crippen molar-refractivity contribution in [3.63, 3.8) is 0 Å². The normalized spacial score (nSPS) is 13.9. The smallest absolute Gasteiger partial charge is 0.396 e. The predicted octanol–water partition coefficient (Wildman–Crippen LogP) is 0.530. The first kappa shape index (κ1) is 11.9. The Hall–Kier alpha value is -1.21. The Bertz CT molecular complexity index is 308. The first-order valence-electron chi connectivity index (χ1n) is 4.20. The van der Waals surface area contributed by atoms with Crippen LogP contribution in [0.1, 0.15) is 17.3 Å². The van der Waals surface area contributed by atoms with Crippen molar-refractivity contribution in [1.29, 1.82) is 0 Å². The number of aliphatic hydroxyl groups excluding tert-OH is 1. The van der Waals surface area contributed by atoms with Crippen molar-refractivity contribution >= 4 is 0 Å². The highest BCUT2D eigenvalue weighted by Gasteiger charge is 2.33. The van der Waals surface area contributed by atoms with E-state index in [0.717, 1.165) is 6.07 Å². The van der Waals surface area contributed by atoms with Gasteiger partial charge in [-0.1, -0.05) is 0 Å². The van der Waals surface area contributed by atoms with Crippen molar-refractivity contribution in [2.75, 3.05) is 13.2 Å². The number of hydrogen-bond acceptors (Lipinski definition) is 4. The van der Waals surface area contributed by atoms with Crippen LogP contribution in [0.4, 0.5) is 13.2 Å². The predicted molar refractivity (Wildman–Crippen MR) is 45.9 cm³/mol. The van der Waals surface area contributed by atoms with Crippen LogP contribution in [0, 0.1) is 0 Å². The molecular weight excluding hydrogens is 211 g/mol. The Labute approximate surface area is 83.9 Å². The van der Waals surface area contributed by atoms with Crippen LogP contribution in [0.5, 0.6) is 0 Å². The number of nitrogens with zero attached hydrogens (tertiary/aromatic N) is 2. The van der Waals surface area contributed by atoms with Gasteiger partial charge in [0, 0.05) is 12.5 Å². The van der Waals surface area contributed by atoms with Gasteiger partial charge in [0.05, 0.1) is 12.3 Å². The van der Waals surface area contributed by atoms with Crippen LogP contribution in [0.15, 0.2) is 12.1 Å². The fraction of sp³-hybridized carbons (Fsp3) is 0.500. The molecule has 1 atom stereocenters. The quantitative estimate of drug-likeness (QED) is 0.780. The molecule has 15 heavy (non-hydrogen) atoms. The number of rotatable bonds is 3. The van der Waals surface area contributed by atoms with Crippen molar-refractivity contribution in [1.82, 2.24) is 10.2 Å². The van der Waals surface area contributed by atoms with Gasteiger partial charge in [-0.3, -0.25) is 0 Å². The molecule has 0 fully saturated rings. The van der Waals surface area contributed by atoms with E-state index in [0.29, 0.717) is 0 Å². The molecule has 0 amide bonds. The summed E-state index contributed by atoms with van der Waals surface area (Å²) in [5, 5.41) is 15.2. The van der Waals surface area contributed by atoms with E-state index in [2.05, 4.69) is 10.2 Å². The highest BCUT2D eigenvalue weighted by Crippen LogP contribution is 2.27. The molecular formula is C8H10F3N3O. The zero-order chi connectivity index (χ0) is 11.5. The Morgan fingerprint density at radius 2 is 2.00 bits per heavy atom. The fourth-order valence-electron chi connectivity index (χ4n) is 1.00. The number of aromatic nitrogens is 2. The Balaban J connectivity index is 2.89. The Morgan fingerprint density at radius 3 is 2.33 bits per heavy atom. The van der Waals surface area contributed by atoms with E-state index in [4.69, 9.17) is 10.8 Å². The summed E-state index contributed by atoms with van der Waals surface area (Å²) in [6.45, 7) is -0.160. The lowest BCUT2D eigenvalue weighted by atomic mass is 10.1. The molecule has 0 aliphatic carbocycles. The van der Waals surface area contributed by atoms with Gasteiger partial charge in [0.1, 0.15) is 0 Å². The van der Waals surface area contributed by atoms with Gasteiger partial charge in [-0.05, 0) is 12.1 Å². The summed E-state index contributed by atoms with van der Waals surface area (Å²) in [5.41, 5.74) is 4.49. The SMILES string of the molecule is NCC(CO)c1ccc(C(F)(F)F)nn1. The molecule has 1 aromatic rings. The van der Waals surface area contributed by atoms with Crippen LogP contribution >= 0.6 is 0 Å². The molecule has 0 aliphatic rings. The average molecular weight is 221 g/mol. The van der Waals surface area contributed by atoms with Crippen molar-refractivity contribution in [2.45, 2.75) is 12.1 Å². The molecule has 1 unspecified atom stereocenters. The lowest BCUT2D eigenvalue weighted by Crippen LogP contribution is -2.19. The molecule has 0 radical (unpaired) electrons. The van der Waals surface area contributed by atoms with Gasteiger partial charge in [-0.25, -0.2) is 0 Å². The van der Waals surface area contributed by atoms with Crippen molar-refractivity contribution in [2.24, 2.45) is 5.73 Å². The van der Waals surface area contributed by atoms with Crippen LogP contribution < -0.4 is 5.73 Å². The summed E-state index contributed by atoms with van der Waals surface area (Å²) >= 11 is 0. The maximum atomic E-state index is 12.1. The molecule has 1 rings (SSSR count). The second-order valence-electron chi connectivity index (χ2n) is 2.96. The van der Waals surface area contributed by atoms with Crippen molar-refractivity contribution in [3.8, 4) is 0 Å². The van der Waals surface area contributed by atoms with Crippen LogP contribution in [0.3, 0.4) is 0 Å². The van der Waals surface area contributed by atoms with Crippen LogP contribution in [-0.4, -0.2) is 28.5 Å². The molecule has 1 aromatic heterocycles. The van der Waals surface area contributed by atoms with Crippen molar-refractivity contribution < 1.29 is 18.3 Å². The topological polar surface area (TPSA) is 72.0 Å². The number of alkyl halides is 3. The Morgan fingerprint density at radius 1 is 1.33 bits per heavy atom. The van der Waals surface area contributed by atoms with Gasteiger partial charge in [0.15, 0.2) is 5.69 Å². The standard InChI is InChI=1S/C8H10F3N3O/c9-8(10,11)7-2-1-6(13-14-7)5(3-12)4-15/h1-2,5,15H,3-4,12H2. The monoisotopic (exact) mass is 221 g/mol. The minimum Gasteiger partial charge on any atom is -0.396 e. The summed E-state index contributed by atoms with van der Waals surface area (Å²) in [5.74, 6) is -0.472. The number of nitrogens with two attached hydrogens (primary N) is 1. The third kappa shape index (κ3) is 2.87. The molecule has 4 nitrogen and oxygen atoms in total. The number of hydrogen-bond donors (Lipinski definition) is 2. The van der Waals surface area contributed by atoms with Crippen molar-refractivity contribution in [3.05, 3.63) is 23.5 Å². The summed E-state index contributed by atoms with van der Waals surface area (Å²) in [7, 11) is 0. The highest BCUT2D eigenvalue weighted by molar-refractivity contribution is 5.13. The summed E-state index contributed by atoms with van der Waals surface area (Å²) < 4.78 is 36.3. The lowest BCUT2D eigenvalue weighted by Gasteiger charge is -2.10. The number of halogens is 3. The second-order valence-corrected chi connectivity index (χ2v) is 2.96. The van der Waals surface area contributed by atoms with E-state index >= 15 is 0 Å². The Kier molecular flexibility index (Phi) is 3.59. The minimum absolute atomic E-state index is 0.108. The molecule has 0 saturated heterocycles.